The molecule has 1 N–H and O–H groups in total. The Hall–Kier alpha value is -1.09. The van der Waals surface area contributed by atoms with Crippen molar-refractivity contribution in [1.29, 1.82) is 5.26 Å². The second kappa shape index (κ2) is 6.60. The third kappa shape index (κ3) is 7.75. The highest BCUT2D eigenvalue weighted by atomic mass is 32.2. The fourth-order valence-electron chi connectivity index (χ4n) is 1.29. The van der Waals surface area contributed by atoms with Gasteiger partial charge in [-0.2, -0.15) is 5.26 Å². The third-order valence-electron chi connectivity index (χ3n) is 2.44. The molecule has 0 unspecified atom stereocenters. The van der Waals surface area contributed by atoms with E-state index in [2.05, 4.69) is 11.4 Å². The van der Waals surface area contributed by atoms with Gasteiger partial charge in [-0.25, -0.2) is 8.42 Å². The first-order chi connectivity index (χ1) is 7.72. The number of hydrogen-bond acceptors (Lipinski definition) is 4. The van der Waals surface area contributed by atoms with E-state index in [9.17, 15) is 13.2 Å². The number of rotatable bonds is 7. The SMILES string of the molecule is CNC(=O)CS(=O)(=O)CCCCC(C)(C)C#N. The molecule has 0 fully saturated rings. The largest absolute Gasteiger partial charge is 0.358 e. The quantitative estimate of drug-likeness (QED) is 0.688. The second-order valence-corrected chi connectivity index (χ2v) is 6.90. The number of nitrogens with zero attached hydrogens (tertiary/aromatic N) is 1. The smallest absolute Gasteiger partial charge is 0.234 e. The van der Waals surface area contributed by atoms with Gasteiger partial charge in [0.15, 0.2) is 9.84 Å². The van der Waals surface area contributed by atoms with Crippen LogP contribution >= 0.6 is 0 Å². The van der Waals surface area contributed by atoms with Gasteiger partial charge in [-0.1, -0.05) is 6.42 Å². The molecular weight excluding hydrogens is 240 g/mol. The average Bonchev–Trinajstić information content (AvgIpc) is 2.24. The predicted octanol–water partition coefficient (Wildman–Crippen LogP) is 0.867. The summed E-state index contributed by atoms with van der Waals surface area (Å²) in [6.07, 6.45) is 1.83. The van der Waals surface area contributed by atoms with E-state index in [4.69, 9.17) is 5.26 Å². The third-order valence-corrected chi connectivity index (χ3v) is 4.05. The first kappa shape index (κ1) is 15.9. The summed E-state index contributed by atoms with van der Waals surface area (Å²) in [6, 6.07) is 2.17. The lowest BCUT2D eigenvalue weighted by molar-refractivity contribution is -0.118. The summed E-state index contributed by atoms with van der Waals surface area (Å²) in [4.78, 5) is 10.9. The Kier molecular flexibility index (Phi) is 6.18. The van der Waals surface area contributed by atoms with Crippen molar-refractivity contribution >= 4 is 15.7 Å². The Morgan fingerprint density at radius 1 is 1.35 bits per heavy atom. The molecule has 0 heterocycles. The zero-order valence-corrected chi connectivity index (χ0v) is 11.4. The molecule has 0 aliphatic heterocycles. The second-order valence-electron chi connectivity index (χ2n) is 4.72. The topological polar surface area (TPSA) is 87.0 Å². The van der Waals surface area contributed by atoms with Crippen molar-refractivity contribution in [3.05, 3.63) is 0 Å². The lowest BCUT2D eigenvalue weighted by Crippen LogP contribution is -2.28. The zero-order valence-electron chi connectivity index (χ0n) is 10.6. The monoisotopic (exact) mass is 260 g/mol. The maximum Gasteiger partial charge on any atom is 0.234 e. The number of carbonyl (C=O) groups excluding carboxylic acids is 1. The number of carbonyl (C=O) groups is 1. The Balaban J connectivity index is 3.98. The van der Waals surface area contributed by atoms with E-state index in [1.54, 1.807) is 0 Å². The van der Waals surface area contributed by atoms with Crippen LogP contribution < -0.4 is 5.32 Å². The van der Waals surface area contributed by atoms with Crippen LogP contribution in [0, 0.1) is 16.7 Å². The number of sulfone groups is 1. The van der Waals surface area contributed by atoms with Gasteiger partial charge in [0.25, 0.3) is 0 Å². The molecule has 1 amide bonds. The van der Waals surface area contributed by atoms with Crippen LogP contribution in [-0.2, 0) is 14.6 Å². The van der Waals surface area contributed by atoms with Crippen molar-refractivity contribution in [3.63, 3.8) is 0 Å². The van der Waals surface area contributed by atoms with Gasteiger partial charge >= 0.3 is 0 Å². The van der Waals surface area contributed by atoms with E-state index in [0.29, 0.717) is 19.3 Å². The molecule has 0 bridgehead atoms. The van der Waals surface area contributed by atoms with Crippen LogP contribution in [0.15, 0.2) is 0 Å². The molecule has 0 saturated heterocycles. The average molecular weight is 260 g/mol. The van der Waals surface area contributed by atoms with Gasteiger partial charge in [0, 0.05) is 7.05 Å². The molecule has 0 aliphatic rings. The van der Waals surface area contributed by atoms with Crippen LogP contribution in [0.4, 0.5) is 0 Å². The standard InChI is InChI=1S/C11H20N2O3S/c1-11(2,9-12)6-4-5-7-17(15,16)8-10(14)13-3/h4-8H2,1-3H3,(H,13,14). The highest BCUT2D eigenvalue weighted by Crippen LogP contribution is 2.21. The summed E-state index contributed by atoms with van der Waals surface area (Å²) < 4.78 is 22.9. The Morgan fingerprint density at radius 2 is 1.94 bits per heavy atom. The molecule has 0 aromatic rings. The van der Waals surface area contributed by atoms with Crippen LogP contribution in [0.25, 0.3) is 0 Å². The Bertz CT molecular complexity index is 393. The normalized spacial score (nSPS) is 11.9. The minimum absolute atomic E-state index is 0.00191. The minimum atomic E-state index is -3.31. The van der Waals surface area contributed by atoms with Crippen molar-refractivity contribution in [2.45, 2.75) is 33.1 Å². The van der Waals surface area contributed by atoms with Crippen molar-refractivity contribution in [1.82, 2.24) is 5.32 Å². The molecule has 0 radical (unpaired) electrons. The number of unbranched alkanes of at least 4 members (excludes halogenated alkanes) is 1. The molecule has 0 spiro atoms. The summed E-state index contributed by atoms with van der Waals surface area (Å²) in [5.74, 6) is -0.935. The molecule has 0 saturated carbocycles. The first-order valence-electron chi connectivity index (χ1n) is 5.55. The molecule has 98 valence electrons. The molecule has 0 aromatic carbocycles. The summed E-state index contributed by atoms with van der Waals surface area (Å²) in [5, 5.41) is 11.1. The molecule has 5 nitrogen and oxygen atoms in total. The van der Waals surface area contributed by atoms with Crippen molar-refractivity contribution in [3.8, 4) is 6.07 Å². The molecule has 6 heteroatoms. The van der Waals surface area contributed by atoms with E-state index < -0.39 is 26.9 Å². The minimum Gasteiger partial charge on any atom is -0.358 e. The maximum atomic E-state index is 11.5. The highest BCUT2D eigenvalue weighted by Gasteiger charge is 2.18. The van der Waals surface area contributed by atoms with Crippen LogP contribution in [-0.4, -0.2) is 32.9 Å². The van der Waals surface area contributed by atoms with Gasteiger partial charge in [-0.05, 0) is 26.7 Å². The van der Waals surface area contributed by atoms with E-state index in [1.165, 1.54) is 7.05 Å². The molecule has 0 atom stereocenters. The van der Waals surface area contributed by atoms with E-state index >= 15 is 0 Å². The van der Waals surface area contributed by atoms with Gasteiger partial charge in [0.05, 0.1) is 17.2 Å². The Labute approximate surface area is 103 Å². The molecular formula is C11H20N2O3S. The number of nitriles is 1. The van der Waals surface area contributed by atoms with E-state index in [-0.39, 0.29) is 5.75 Å². The van der Waals surface area contributed by atoms with Crippen LogP contribution in [0.1, 0.15) is 33.1 Å². The van der Waals surface area contributed by atoms with Crippen LogP contribution in [0.2, 0.25) is 0 Å². The van der Waals surface area contributed by atoms with Gasteiger partial charge in [0.2, 0.25) is 5.91 Å². The van der Waals surface area contributed by atoms with Gasteiger partial charge < -0.3 is 5.32 Å². The lowest BCUT2D eigenvalue weighted by Gasteiger charge is -2.14. The first-order valence-corrected chi connectivity index (χ1v) is 7.37. The van der Waals surface area contributed by atoms with Crippen LogP contribution in [0.5, 0.6) is 0 Å². The van der Waals surface area contributed by atoms with Crippen molar-refractivity contribution in [2.75, 3.05) is 18.6 Å². The van der Waals surface area contributed by atoms with Gasteiger partial charge in [-0.15, -0.1) is 0 Å². The lowest BCUT2D eigenvalue weighted by atomic mass is 9.89. The molecule has 17 heavy (non-hydrogen) atoms. The highest BCUT2D eigenvalue weighted by molar-refractivity contribution is 7.92. The Morgan fingerprint density at radius 3 is 2.41 bits per heavy atom. The van der Waals surface area contributed by atoms with Crippen LogP contribution in [0.3, 0.4) is 0 Å². The number of amides is 1. The van der Waals surface area contributed by atoms with E-state index in [0.717, 1.165) is 0 Å². The van der Waals surface area contributed by atoms with E-state index in [1.807, 2.05) is 13.8 Å². The zero-order chi connectivity index (χ0) is 13.5. The number of hydrogen-bond donors (Lipinski definition) is 1. The molecule has 0 rings (SSSR count). The summed E-state index contributed by atoms with van der Waals surface area (Å²) >= 11 is 0. The fraction of sp³-hybridized carbons (Fsp3) is 0.818. The fourth-order valence-corrected chi connectivity index (χ4v) is 2.62. The molecule has 0 aliphatic carbocycles. The summed E-state index contributed by atoms with van der Waals surface area (Å²) in [7, 11) is -1.90. The van der Waals surface area contributed by atoms with Gasteiger partial charge in [-0.3, -0.25) is 4.79 Å². The summed E-state index contributed by atoms with van der Waals surface area (Å²) in [6.45, 7) is 3.65. The number of nitrogens with one attached hydrogen (secondary N) is 1. The van der Waals surface area contributed by atoms with Gasteiger partial charge in [0.1, 0.15) is 5.75 Å². The summed E-state index contributed by atoms with van der Waals surface area (Å²) in [5.41, 5.74) is -0.412. The van der Waals surface area contributed by atoms with Crippen molar-refractivity contribution < 1.29 is 13.2 Å². The van der Waals surface area contributed by atoms with Crippen molar-refractivity contribution in [2.24, 2.45) is 5.41 Å². The predicted molar refractivity (Wildman–Crippen MR) is 66.0 cm³/mol. The maximum absolute atomic E-state index is 11.5. The molecule has 0 aromatic heterocycles.